The van der Waals surface area contributed by atoms with Gasteiger partial charge in [0.2, 0.25) is 0 Å². The summed E-state index contributed by atoms with van der Waals surface area (Å²) in [5.41, 5.74) is 8.71. The molecule has 4 aliphatic rings. The van der Waals surface area contributed by atoms with Crippen LogP contribution in [-0.4, -0.2) is 93.6 Å². The van der Waals surface area contributed by atoms with Gasteiger partial charge in [-0.15, -0.1) is 0 Å². The summed E-state index contributed by atoms with van der Waals surface area (Å²) in [4.78, 5) is 30.9. The molecule has 0 radical (unpaired) electrons. The number of aliphatic hydroxyl groups excluding tert-OH is 1. The van der Waals surface area contributed by atoms with Crippen molar-refractivity contribution in [1.29, 1.82) is 0 Å². The lowest BCUT2D eigenvalue weighted by Gasteiger charge is -2.39. The minimum atomic E-state index is -0.122. The highest BCUT2D eigenvalue weighted by atomic mass is 16.5. The Bertz CT molecular complexity index is 1860. The van der Waals surface area contributed by atoms with Gasteiger partial charge >= 0.3 is 12.1 Å². The molecule has 66 heavy (non-hydrogen) atoms. The highest BCUT2D eigenvalue weighted by molar-refractivity contribution is 5.90. The zero-order chi connectivity index (χ0) is 47.4. The number of allylic oxidation sites excluding steroid dienone is 1. The Kier molecular flexibility index (Phi) is 25.4. The number of anilines is 2. The Morgan fingerprint density at radius 1 is 0.727 bits per heavy atom. The zero-order valence-electron chi connectivity index (χ0n) is 40.8. The summed E-state index contributed by atoms with van der Waals surface area (Å²) in [6, 6.07) is 26.4. The monoisotopic (exact) mass is 910 g/mol. The van der Waals surface area contributed by atoms with E-state index >= 15 is 0 Å². The summed E-state index contributed by atoms with van der Waals surface area (Å²) in [6.45, 7) is 7.81. The fourth-order valence-corrected chi connectivity index (χ4v) is 9.82. The van der Waals surface area contributed by atoms with Gasteiger partial charge in [0, 0.05) is 61.8 Å². The largest absolute Gasteiger partial charge is 0.497 e. The van der Waals surface area contributed by atoms with E-state index in [1.165, 1.54) is 89.3 Å². The second kappa shape index (κ2) is 31.2. The number of hydrogen-bond donors (Lipinski definition) is 6. The van der Waals surface area contributed by atoms with Crippen molar-refractivity contribution < 1.29 is 24.2 Å². The molecule has 3 aliphatic carbocycles. The molecule has 3 saturated carbocycles. The molecule has 364 valence electrons. The highest BCUT2D eigenvalue weighted by Crippen LogP contribution is 2.30. The SMILES string of the molecule is CC=C=NC.CC[C@@H]1CCCCC1NC(=O)Nc1cccc(OC)c1.COc1cccc(NC(=O)NC2CCCC[C@H]2CN2CCC(Cc3ccccc3)CC2)c1.N[C@@H]1CCCC[C@H]1CO. The van der Waals surface area contributed by atoms with Crippen molar-refractivity contribution in [3.8, 4) is 11.5 Å². The number of piperidine rings is 1. The van der Waals surface area contributed by atoms with E-state index in [0.717, 1.165) is 67.4 Å². The summed E-state index contributed by atoms with van der Waals surface area (Å²) >= 11 is 0. The average Bonchev–Trinajstić information content (AvgIpc) is 3.34. The van der Waals surface area contributed by atoms with E-state index in [-0.39, 0.29) is 30.8 Å². The number of methoxy groups -OCH3 is 2. The van der Waals surface area contributed by atoms with E-state index in [1.54, 1.807) is 27.3 Å². The quantitative estimate of drug-likeness (QED) is 0.0986. The zero-order valence-corrected chi connectivity index (χ0v) is 40.8. The number of amides is 4. The minimum Gasteiger partial charge on any atom is -0.497 e. The lowest BCUT2D eigenvalue weighted by atomic mass is 9.83. The van der Waals surface area contributed by atoms with Gasteiger partial charge in [-0.3, -0.25) is 0 Å². The number of likely N-dealkylation sites (tertiary alicyclic amines) is 1. The molecule has 4 amide bonds. The van der Waals surface area contributed by atoms with E-state index in [2.05, 4.69) is 74.3 Å². The number of ether oxygens (including phenoxy) is 2. The van der Waals surface area contributed by atoms with E-state index < -0.39 is 0 Å². The molecule has 0 aromatic heterocycles. The molecule has 12 nitrogen and oxygen atoms in total. The summed E-state index contributed by atoms with van der Waals surface area (Å²) in [7, 11) is 4.95. The Morgan fingerprint density at radius 3 is 1.71 bits per heavy atom. The number of urea groups is 2. The Morgan fingerprint density at radius 2 is 1.24 bits per heavy atom. The van der Waals surface area contributed by atoms with Crippen LogP contribution in [0.3, 0.4) is 0 Å². The third kappa shape index (κ3) is 19.9. The molecule has 1 heterocycles. The molecule has 0 bridgehead atoms. The van der Waals surface area contributed by atoms with Crippen molar-refractivity contribution in [3.05, 3.63) is 90.5 Å². The third-order valence-electron chi connectivity index (χ3n) is 13.7. The number of hydrogen-bond acceptors (Lipinski definition) is 8. The molecule has 7 N–H and O–H groups in total. The molecule has 6 atom stereocenters. The molecule has 4 fully saturated rings. The van der Waals surface area contributed by atoms with Crippen molar-refractivity contribution in [2.75, 3.05) is 58.1 Å². The van der Waals surface area contributed by atoms with Gasteiger partial charge in [-0.1, -0.05) is 94.3 Å². The third-order valence-corrected chi connectivity index (χ3v) is 13.7. The van der Waals surface area contributed by atoms with Crippen molar-refractivity contribution >= 4 is 29.3 Å². The standard InChI is InChI=1S/C27H37N3O2.C16H24N2O2.C7H15NO.C4H7N/c1-32-25-12-7-11-24(19-25)28-27(31)29-26-13-6-5-10-23(26)20-30-16-14-22(15-17-30)18-21-8-3-2-4-9-21;1-3-12-7-4-5-10-15(12)18-16(19)17-13-8-6-9-14(11-13)20-2;8-7-4-2-1-3-6(7)5-9;1-3-4-5-2/h2-4,7-9,11-12,19,22-23,26H,5-6,10,13-18,20H2,1H3,(H2,28,29,31);6,8-9,11-12,15H,3-5,7,10H2,1-2H3,(H2,17,18,19);6-7,9H,1-5,8H2;3H,1-2H3/t23-,26?;12-,15?;6-,7+;/m010./s1. The molecular formula is C54H83N7O5. The number of nitrogens with zero attached hydrogens (tertiary/aromatic N) is 2. The van der Waals surface area contributed by atoms with Crippen LogP contribution in [-0.2, 0) is 6.42 Å². The maximum absolute atomic E-state index is 12.7. The van der Waals surface area contributed by atoms with Crippen molar-refractivity contribution in [2.24, 2.45) is 34.4 Å². The van der Waals surface area contributed by atoms with E-state index in [4.69, 9.17) is 20.3 Å². The second-order valence-electron chi connectivity index (χ2n) is 18.3. The van der Waals surface area contributed by atoms with Crippen LogP contribution in [0.5, 0.6) is 11.5 Å². The molecule has 3 aromatic rings. The molecule has 3 aromatic carbocycles. The van der Waals surface area contributed by atoms with Gasteiger partial charge in [0.25, 0.3) is 0 Å². The molecule has 1 aliphatic heterocycles. The molecule has 7 rings (SSSR count). The topological polar surface area (TPSA) is 163 Å². The van der Waals surface area contributed by atoms with Crippen LogP contribution in [0.4, 0.5) is 21.0 Å². The highest BCUT2D eigenvalue weighted by Gasteiger charge is 2.30. The molecule has 2 unspecified atom stereocenters. The summed E-state index contributed by atoms with van der Waals surface area (Å²) < 4.78 is 10.4. The molecule has 0 spiro atoms. The summed E-state index contributed by atoms with van der Waals surface area (Å²) in [5.74, 6) is 6.42. The van der Waals surface area contributed by atoms with Crippen molar-refractivity contribution in [2.45, 2.75) is 135 Å². The Labute approximate surface area is 397 Å². The number of rotatable bonds is 12. The van der Waals surface area contributed by atoms with Gasteiger partial charge in [-0.2, -0.15) is 0 Å². The first kappa shape index (κ1) is 53.7. The molecular weight excluding hydrogens is 827 g/mol. The van der Waals surface area contributed by atoms with E-state index in [1.807, 2.05) is 55.5 Å². The smallest absolute Gasteiger partial charge is 0.319 e. The first-order chi connectivity index (χ1) is 32.2. The number of carbonyl (C=O) groups is 2. The van der Waals surface area contributed by atoms with Crippen molar-refractivity contribution in [3.63, 3.8) is 0 Å². The molecule has 12 heteroatoms. The van der Waals surface area contributed by atoms with Gasteiger partial charge in [0.05, 0.1) is 14.2 Å². The minimum absolute atomic E-state index is 0.114. The van der Waals surface area contributed by atoms with Gasteiger partial charge in [-0.05, 0) is 143 Å². The number of aliphatic hydroxyl groups is 1. The summed E-state index contributed by atoms with van der Waals surface area (Å²) in [5, 5.41) is 21.0. The maximum Gasteiger partial charge on any atom is 0.319 e. The summed E-state index contributed by atoms with van der Waals surface area (Å²) in [6.07, 6.45) is 20.9. The fraction of sp³-hybridized carbons (Fsp3) is 0.593. The number of carbonyl (C=O) groups excluding carboxylic acids is 2. The Balaban J connectivity index is 0.000000236. The van der Waals surface area contributed by atoms with Crippen molar-refractivity contribution in [1.82, 2.24) is 15.5 Å². The first-order valence-electron chi connectivity index (χ1n) is 24.9. The fourth-order valence-electron chi connectivity index (χ4n) is 9.82. The predicted octanol–water partition coefficient (Wildman–Crippen LogP) is 10.5. The number of nitrogens with one attached hydrogen (secondary N) is 4. The van der Waals surface area contributed by atoms with Gasteiger partial charge < -0.3 is 46.5 Å². The van der Waals surface area contributed by atoms with E-state index in [0.29, 0.717) is 23.8 Å². The number of aliphatic imine (C=N–C) groups is 1. The average molecular weight is 910 g/mol. The molecule has 1 saturated heterocycles. The van der Waals surface area contributed by atoms with Gasteiger partial charge in [-0.25, -0.2) is 14.6 Å². The van der Waals surface area contributed by atoms with Crippen LogP contribution in [0.2, 0.25) is 0 Å². The number of nitrogens with two attached hydrogens (primary N) is 1. The lowest BCUT2D eigenvalue weighted by molar-refractivity contribution is 0.130. The van der Waals surface area contributed by atoms with Crippen LogP contribution in [0, 0.1) is 23.7 Å². The van der Waals surface area contributed by atoms with Crippen LogP contribution in [0.15, 0.2) is 89.9 Å². The Hall–Kier alpha value is -4.87. The normalized spacial score (nSPS) is 22.9. The maximum atomic E-state index is 12.7. The van der Waals surface area contributed by atoms with Crippen LogP contribution >= 0.6 is 0 Å². The number of benzene rings is 3. The van der Waals surface area contributed by atoms with E-state index in [9.17, 15) is 9.59 Å². The predicted molar refractivity (Wildman–Crippen MR) is 272 cm³/mol. The van der Waals surface area contributed by atoms with Crippen LogP contribution in [0.25, 0.3) is 0 Å². The van der Waals surface area contributed by atoms with Gasteiger partial charge in [0.1, 0.15) is 11.5 Å². The van der Waals surface area contributed by atoms with Crippen LogP contribution in [0.1, 0.15) is 116 Å². The van der Waals surface area contributed by atoms with Crippen LogP contribution < -0.4 is 36.5 Å². The first-order valence-corrected chi connectivity index (χ1v) is 24.9. The van der Waals surface area contributed by atoms with Gasteiger partial charge in [0.15, 0.2) is 0 Å². The lowest BCUT2D eigenvalue weighted by Crippen LogP contribution is -2.48. The second-order valence-corrected chi connectivity index (χ2v) is 18.3.